The molecule has 1 aliphatic rings. The van der Waals surface area contributed by atoms with Crippen LogP contribution in [0.25, 0.3) is 0 Å². The Balaban J connectivity index is 2.54. The summed E-state index contributed by atoms with van der Waals surface area (Å²) in [6, 6.07) is 4.69. The molecule has 3 N–H and O–H groups in total. The average molecular weight is 408 g/mol. The van der Waals surface area contributed by atoms with Gasteiger partial charge in [0.15, 0.2) is 10.9 Å². The lowest BCUT2D eigenvalue weighted by Gasteiger charge is -2.34. The van der Waals surface area contributed by atoms with E-state index in [1.165, 1.54) is 17.8 Å². The predicted molar refractivity (Wildman–Crippen MR) is 92.2 cm³/mol. The lowest BCUT2D eigenvalue weighted by molar-refractivity contribution is -0.0455. The van der Waals surface area contributed by atoms with E-state index in [1.54, 1.807) is 17.0 Å². The van der Waals surface area contributed by atoms with E-state index < -0.39 is 15.7 Å². The van der Waals surface area contributed by atoms with Gasteiger partial charge in [0.05, 0.1) is 10.6 Å². The molecule has 1 heterocycles. The molecule has 122 valence electrons. The summed E-state index contributed by atoms with van der Waals surface area (Å²) < 4.78 is 23.7. The third kappa shape index (κ3) is 3.18. The van der Waals surface area contributed by atoms with Crippen molar-refractivity contribution in [1.82, 2.24) is 4.90 Å². The second-order valence-electron chi connectivity index (χ2n) is 4.80. The number of sulfonamides is 1. The van der Waals surface area contributed by atoms with Crippen molar-refractivity contribution in [2.75, 3.05) is 18.8 Å². The molecule has 0 spiro atoms. The number of nitrogens with two attached hydrogens (primary N) is 1. The minimum Gasteiger partial charge on any atom is -0.366 e. The molecule has 1 fully saturated rings. The Labute approximate surface area is 143 Å². The number of benzene rings is 1. The molecule has 1 aromatic carbocycles. The molecule has 1 aliphatic heterocycles. The van der Waals surface area contributed by atoms with Crippen molar-refractivity contribution in [3.63, 3.8) is 0 Å². The Bertz CT molecular complexity index is 708. The van der Waals surface area contributed by atoms with E-state index >= 15 is 0 Å². The zero-order valence-electron chi connectivity index (χ0n) is 12.3. The van der Waals surface area contributed by atoms with Crippen LogP contribution < -0.4 is 5.14 Å². The smallest absolute Gasteiger partial charge is 0.239 e. The molecule has 22 heavy (non-hydrogen) atoms. The number of hydrogen-bond donors (Lipinski definition) is 2. The molecular weight excluding hydrogens is 390 g/mol. The van der Waals surface area contributed by atoms with E-state index in [1.807, 2.05) is 13.8 Å². The number of aliphatic hydroxyl groups is 1. The molecule has 0 aromatic heterocycles. The van der Waals surface area contributed by atoms with Crippen LogP contribution in [0.15, 0.2) is 32.6 Å². The summed E-state index contributed by atoms with van der Waals surface area (Å²) in [7, 11) is -3.87. The fourth-order valence-electron chi connectivity index (χ4n) is 2.35. The Morgan fingerprint density at radius 2 is 2.18 bits per heavy atom. The maximum Gasteiger partial charge on any atom is 0.239 e. The molecule has 0 amide bonds. The highest BCUT2D eigenvalue weighted by atomic mass is 79.9. The predicted octanol–water partition coefficient (Wildman–Crippen LogP) is 1.69. The highest BCUT2D eigenvalue weighted by Gasteiger charge is 2.44. The van der Waals surface area contributed by atoms with Crippen molar-refractivity contribution in [2.24, 2.45) is 10.1 Å². The van der Waals surface area contributed by atoms with Crippen LogP contribution in [0.1, 0.15) is 19.4 Å². The van der Waals surface area contributed by atoms with E-state index in [0.717, 1.165) is 5.17 Å². The summed E-state index contributed by atoms with van der Waals surface area (Å²) in [6.45, 7) is 5.03. The second-order valence-corrected chi connectivity index (χ2v) is 8.12. The third-order valence-corrected chi connectivity index (χ3v) is 6.45. The fraction of sp³-hybridized carbons (Fsp3) is 0.462. The topological polar surface area (TPSA) is 96.0 Å². The van der Waals surface area contributed by atoms with Crippen LogP contribution in [0.2, 0.25) is 0 Å². The molecule has 1 saturated heterocycles. The Morgan fingerprint density at radius 1 is 1.50 bits per heavy atom. The number of hydrogen-bond acceptors (Lipinski definition) is 5. The highest BCUT2D eigenvalue weighted by molar-refractivity contribution is 9.10. The van der Waals surface area contributed by atoms with E-state index in [2.05, 4.69) is 20.9 Å². The van der Waals surface area contributed by atoms with Crippen molar-refractivity contribution in [2.45, 2.75) is 24.5 Å². The van der Waals surface area contributed by atoms with Gasteiger partial charge in [-0.25, -0.2) is 13.6 Å². The van der Waals surface area contributed by atoms with Crippen LogP contribution in [0, 0.1) is 0 Å². The van der Waals surface area contributed by atoms with Gasteiger partial charge in [0, 0.05) is 23.1 Å². The van der Waals surface area contributed by atoms with Crippen molar-refractivity contribution < 1.29 is 13.5 Å². The number of thioether (sulfide) groups is 1. The van der Waals surface area contributed by atoms with Gasteiger partial charge in [0.2, 0.25) is 10.0 Å². The molecule has 0 saturated carbocycles. The zero-order valence-corrected chi connectivity index (χ0v) is 15.5. The first kappa shape index (κ1) is 17.7. The minimum atomic E-state index is -3.87. The molecule has 1 aromatic rings. The molecule has 0 aliphatic carbocycles. The maximum absolute atomic E-state index is 11.7. The van der Waals surface area contributed by atoms with Gasteiger partial charge in [0.1, 0.15) is 0 Å². The Kier molecular flexibility index (Phi) is 5.23. The Hall–Kier alpha value is -0.610. The monoisotopic (exact) mass is 407 g/mol. The highest BCUT2D eigenvalue weighted by Crippen LogP contribution is 2.40. The summed E-state index contributed by atoms with van der Waals surface area (Å²) in [5, 5.41) is 17.1. The summed E-state index contributed by atoms with van der Waals surface area (Å²) >= 11 is 4.63. The van der Waals surface area contributed by atoms with Gasteiger partial charge < -0.3 is 10.0 Å². The molecule has 1 unspecified atom stereocenters. The standard InChI is InChI=1S/C13H18BrN3O3S2/c1-3-16-12-17(4-2)13(18,8-21-12)9-5-6-10(14)11(7-9)22(15,19)20/h5-7,18H,3-4,8H2,1-2H3,(H2,15,19,20). The number of amidine groups is 1. The molecular formula is C13H18BrN3O3S2. The van der Waals surface area contributed by atoms with Crippen molar-refractivity contribution in [3.05, 3.63) is 28.2 Å². The number of nitrogens with zero attached hydrogens (tertiary/aromatic N) is 2. The lowest BCUT2D eigenvalue weighted by atomic mass is 10.0. The SMILES string of the molecule is CCN=C1SCC(O)(c2ccc(Br)c(S(N)(=O)=O)c2)N1CC. The zero-order chi connectivity index (χ0) is 16.5. The number of primary sulfonamides is 1. The molecule has 9 heteroatoms. The van der Waals surface area contributed by atoms with E-state index in [0.29, 0.717) is 28.9 Å². The van der Waals surface area contributed by atoms with Gasteiger partial charge in [-0.05, 0) is 41.9 Å². The minimum absolute atomic E-state index is 0.0413. The van der Waals surface area contributed by atoms with Gasteiger partial charge in [-0.15, -0.1) is 0 Å². The first-order valence-corrected chi connectivity index (χ1v) is 10.1. The summed E-state index contributed by atoms with van der Waals surface area (Å²) in [5.41, 5.74) is -0.816. The van der Waals surface area contributed by atoms with Gasteiger partial charge in [-0.1, -0.05) is 17.8 Å². The van der Waals surface area contributed by atoms with E-state index in [-0.39, 0.29) is 4.90 Å². The van der Waals surface area contributed by atoms with Gasteiger partial charge in [-0.2, -0.15) is 0 Å². The normalized spacial score (nSPS) is 24.2. The summed E-state index contributed by atoms with van der Waals surface area (Å²) in [4.78, 5) is 6.11. The molecule has 0 radical (unpaired) electrons. The first-order valence-electron chi connectivity index (χ1n) is 6.74. The quantitative estimate of drug-likeness (QED) is 0.791. The maximum atomic E-state index is 11.7. The molecule has 1 atom stereocenters. The third-order valence-electron chi connectivity index (χ3n) is 3.39. The number of halogens is 1. The largest absolute Gasteiger partial charge is 0.366 e. The average Bonchev–Trinajstić information content (AvgIpc) is 2.76. The van der Waals surface area contributed by atoms with Crippen molar-refractivity contribution >= 4 is 42.9 Å². The van der Waals surface area contributed by atoms with E-state index in [4.69, 9.17) is 5.14 Å². The van der Waals surface area contributed by atoms with Gasteiger partial charge >= 0.3 is 0 Å². The van der Waals surface area contributed by atoms with Gasteiger partial charge in [0.25, 0.3) is 0 Å². The van der Waals surface area contributed by atoms with Crippen LogP contribution in [0.4, 0.5) is 0 Å². The summed E-state index contributed by atoms with van der Waals surface area (Å²) in [5.74, 6) is 0.380. The second kappa shape index (κ2) is 6.48. The number of aliphatic imine (C=N–C) groups is 1. The van der Waals surface area contributed by atoms with Crippen LogP contribution in [0.3, 0.4) is 0 Å². The van der Waals surface area contributed by atoms with Crippen LogP contribution in [-0.4, -0.2) is 42.4 Å². The number of rotatable bonds is 4. The van der Waals surface area contributed by atoms with E-state index in [9.17, 15) is 13.5 Å². The van der Waals surface area contributed by atoms with Crippen LogP contribution in [-0.2, 0) is 15.7 Å². The van der Waals surface area contributed by atoms with Crippen molar-refractivity contribution in [1.29, 1.82) is 0 Å². The molecule has 2 rings (SSSR count). The summed E-state index contributed by atoms with van der Waals surface area (Å²) in [6.07, 6.45) is 0. The van der Waals surface area contributed by atoms with Crippen LogP contribution in [0.5, 0.6) is 0 Å². The molecule has 0 bridgehead atoms. The Morgan fingerprint density at radius 3 is 2.73 bits per heavy atom. The van der Waals surface area contributed by atoms with Crippen LogP contribution >= 0.6 is 27.7 Å². The first-order chi connectivity index (χ1) is 10.2. The fourth-order valence-corrected chi connectivity index (χ4v) is 5.22. The lowest BCUT2D eigenvalue weighted by Crippen LogP contribution is -2.45. The van der Waals surface area contributed by atoms with Gasteiger partial charge in [-0.3, -0.25) is 4.99 Å². The molecule has 6 nitrogen and oxygen atoms in total. The van der Waals surface area contributed by atoms with Crippen molar-refractivity contribution in [3.8, 4) is 0 Å².